The molecule has 1 aliphatic rings. The predicted octanol–water partition coefficient (Wildman–Crippen LogP) is 5.24. The molecule has 2 aromatic rings. The van der Waals surface area contributed by atoms with E-state index in [2.05, 4.69) is 68.6 Å². The minimum Gasteiger partial charge on any atom is -0.378 e. The summed E-state index contributed by atoms with van der Waals surface area (Å²) >= 11 is 0. The van der Waals surface area contributed by atoms with Gasteiger partial charge in [-0.25, -0.2) is 0 Å². The van der Waals surface area contributed by atoms with E-state index in [-0.39, 0.29) is 23.9 Å². The summed E-state index contributed by atoms with van der Waals surface area (Å²) in [6, 6.07) is 15.3. The van der Waals surface area contributed by atoms with E-state index in [0.29, 0.717) is 0 Å². The monoisotopic (exact) mass is 336 g/mol. The lowest BCUT2D eigenvalue weighted by molar-refractivity contribution is -0.122. The molecule has 0 saturated carbocycles. The third-order valence-corrected chi connectivity index (χ3v) is 4.96. The van der Waals surface area contributed by atoms with Crippen LogP contribution in [0.3, 0.4) is 0 Å². The number of fused-ring (bicyclic) bond motifs is 1. The molecular weight excluding hydrogens is 308 g/mol. The Hall–Kier alpha value is -2.29. The maximum Gasteiger partial charge on any atom is 0.229 e. The zero-order chi connectivity index (χ0) is 18.1. The number of benzene rings is 2. The first kappa shape index (κ1) is 17.5. The van der Waals surface area contributed by atoms with Crippen LogP contribution in [-0.2, 0) is 4.79 Å². The maximum absolute atomic E-state index is 12.8. The smallest absolute Gasteiger partial charge is 0.229 e. The molecule has 1 amide bonds. The van der Waals surface area contributed by atoms with Crippen molar-refractivity contribution in [3.8, 4) is 0 Å². The second-order valence-corrected chi connectivity index (χ2v) is 7.57. The van der Waals surface area contributed by atoms with Crippen LogP contribution in [0.5, 0.6) is 0 Å². The predicted molar refractivity (Wildman–Crippen MR) is 105 cm³/mol. The highest BCUT2D eigenvalue weighted by Crippen LogP contribution is 2.40. The number of hydrogen-bond donors (Lipinski definition) is 1. The number of rotatable bonds is 3. The van der Waals surface area contributed by atoms with E-state index in [1.807, 2.05) is 18.7 Å². The summed E-state index contributed by atoms with van der Waals surface area (Å²) < 4.78 is 0. The van der Waals surface area contributed by atoms with Gasteiger partial charge < -0.3 is 10.2 Å². The summed E-state index contributed by atoms with van der Waals surface area (Å²) in [4.78, 5) is 14.8. The number of amides is 1. The molecule has 132 valence electrons. The van der Waals surface area contributed by atoms with Gasteiger partial charge >= 0.3 is 0 Å². The number of anilines is 2. The third-order valence-electron chi connectivity index (χ3n) is 4.96. The molecule has 1 aliphatic heterocycles. The van der Waals surface area contributed by atoms with E-state index >= 15 is 0 Å². The molecule has 3 nitrogen and oxygen atoms in total. The van der Waals surface area contributed by atoms with Crippen LogP contribution in [0.25, 0.3) is 0 Å². The van der Waals surface area contributed by atoms with E-state index < -0.39 is 0 Å². The second-order valence-electron chi connectivity index (χ2n) is 7.57. The van der Waals surface area contributed by atoms with E-state index in [9.17, 15) is 4.79 Å². The lowest BCUT2D eigenvalue weighted by Gasteiger charge is -2.41. The Morgan fingerprint density at radius 1 is 1.08 bits per heavy atom. The Bertz CT molecular complexity index is 764. The fourth-order valence-electron chi connectivity index (χ4n) is 3.59. The van der Waals surface area contributed by atoms with Gasteiger partial charge in [0.15, 0.2) is 0 Å². The number of carbonyl (C=O) groups is 1. The molecule has 0 saturated heterocycles. The molecule has 0 spiro atoms. The Kier molecular flexibility index (Phi) is 4.85. The van der Waals surface area contributed by atoms with Crippen LogP contribution < -0.4 is 10.2 Å². The van der Waals surface area contributed by atoms with Crippen molar-refractivity contribution in [2.24, 2.45) is 5.92 Å². The van der Waals surface area contributed by atoms with Crippen LogP contribution in [0.2, 0.25) is 0 Å². The van der Waals surface area contributed by atoms with Gasteiger partial charge in [0, 0.05) is 23.3 Å². The van der Waals surface area contributed by atoms with Gasteiger partial charge in [0.2, 0.25) is 5.91 Å². The van der Waals surface area contributed by atoms with Crippen molar-refractivity contribution < 1.29 is 4.79 Å². The lowest BCUT2D eigenvalue weighted by atomic mass is 9.89. The molecule has 1 N–H and O–H groups in total. The summed E-state index contributed by atoms with van der Waals surface area (Å²) in [6.07, 6.45) is 0.906. The average Bonchev–Trinajstić information content (AvgIpc) is 2.57. The summed E-state index contributed by atoms with van der Waals surface area (Å²) in [5.74, 6) is 0.199. The molecule has 3 rings (SSSR count). The summed E-state index contributed by atoms with van der Waals surface area (Å²) in [5, 5.41) is 3.67. The highest BCUT2D eigenvalue weighted by molar-refractivity contribution is 5.96. The first-order valence-corrected chi connectivity index (χ1v) is 9.13. The van der Waals surface area contributed by atoms with Crippen molar-refractivity contribution in [3.05, 3.63) is 59.2 Å². The Morgan fingerprint density at radius 2 is 1.72 bits per heavy atom. The van der Waals surface area contributed by atoms with Gasteiger partial charge in [0.05, 0.1) is 6.04 Å². The van der Waals surface area contributed by atoms with Crippen molar-refractivity contribution in [1.29, 1.82) is 0 Å². The minimum atomic E-state index is -0.00166. The lowest BCUT2D eigenvalue weighted by Crippen LogP contribution is -2.46. The number of hydrogen-bond acceptors (Lipinski definition) is 2. The van der Waals surface area contributed by atoms with Gasteiger partial charge in [-0.1, -0.05) is 49.2 Å². The first-order chi connectivity index (χ1) is 11.9. The fraction of sp³-hybridized carbons (Fsp3) is 0.409. The van der Waals surface area contributed by atoms with Crippen molar-refractivity contribution >= 4 is 17.3 Å². The number of carbonyl (C=O) groups excluding carboxylic acids is 1. The van der Waals surface area contributed by atoms with Crippen LogP contribution >= 0.6 is 0 Å². The molecule has 0 aliphatic carbocycles. The number of nitrogens with one attached hydrogen (secondary N) is 1. The normalized spacial score (nSPS) is 19.7. The zero-order valence-electron chi connectivity index (χ0n) is 15.8. The van der Waals surface area contributed by atoms with Crippen molar-refractivity contribution in [1.82, 2.24) is 0 Å². The molecule has 0 bridgehead atoms. The third kappa shape index (κ3) is 3.55. The van der Waals surface area contributed by atoms with Gasteiger partial charge in [0.1, 0.15) is 0 Å². The standard InChI is InChI=1S/C22H28N2O/c1-14(2)22(25)24-17(5)13-20(19-12-16(4)8-11-21(19)24)23-18-9-6-15(3)7-10-18/h6-12,14,17,20,23H,13H2,1-5H3/t17-,20+/m0/s1. The number of nitrogens with zero attached hydrogens (tertiary/aromatic N) is 1. The molecule has 0 aromatic heterocycles. The molecule has 3 heteroatoms. The quantitative estimate of drug-likeness (QED) is 0.831. The van der Waals surface area contributed by atoms with Gasteiger partial charge in [-0.2, -0.15) is 0 Å². The van der Waals surface area contributed by atoms with Crippen LogP contribution in [0, 0.1) is 19.8 Å². The molecule has 2 atom stereocenters. The summed E-state index contributed by atoms with van der Waals surface area (Å²) in [5.41, 5.74) is 5.87. The van der Waals surface area contributed by atoms with Gasteiger partial charge in [-0.3, -0.25) is 4.79 Å². The van der Waals surface area contributed by atoms with Crippen molar-refractivity contribution in [3.63, 3.8) is 0 Å². The fourth-order valence-corrected chi connectivity index (χ4v) is 3.59. The van der Waals surface area contributed by atoms with Crippen LogP contribution in [0.4, 0.5) is 11.4 Å². The molecule has 0 radical (unpaired) electrons. The van der Waals surface area contributed by atoms with E-state index in [0.717, 1.165) is 17.8 Å². The van der Waals surface area contributed by atoms with Crippen LogP contribution in [0.1, 0.15) is 49.9 Å². The zero-order valence-corrected chi connectivity index (χ0v) is 15.8. The van der Waals surface area contributed by atoms with Crippen molar-refractivity contribution in [2.45, 2.75) is 53.1 Å². The molecular formula is C22H28N2O. The molecule has 2 aromatic carbocycles. The van der Waals surface area contributed by atoms with Crippen LogP contribution in [-0.4, -0.2) is 11.9 Å². The summed E-state index contributed by atoms with van der Waals surface area (Å²) in [6.45, 7) is 10.3. The van der Waals surface area contributed by atoms with E-state index in [1.165, 1.54) is 16.7 Å². The molecule has 1 heterocycles. The Labute approximate surface area is 151 Å². The topological polar surface area (TPSA) is 32.3 Å². The highest BCUT2D eigenvalue weighted by Gasteiger charge is 2.34. The van der Waals surface area contributed by atoms with E-state index in [4.69, 9.17) is 0 Å². The largest absolute Gasteiger partial charge is 0.378 e. The maximum atomic E-state index is 12.8. The second kappa shape index (κ2) is 6.91. The highest BCUT2D eigenvalue weighted by atomic mass is 16.2. The SMILES string of the molecule is Cc1ccc(N[C@@H]2C[C@H](C)N(C(=O)C(C)C)c3ccc(C)cc32)cc1. The van der Waals surface area contributed by atoms with Gasteiger partial charge in [-0.05, 0) is 51.0 Å². The Balaban J connectivity index is 1.98. The summed E-state index contributed by atoms with van der Waals surface area (Å²) in [7, 11) is 0. The minimum absolute atomic E-state index is 0.00166. The van der Waals surface area contributed by atoms with Gasteiger partial charge in [0.25, 0.3) is 0 Å². The molecule has 25 heavy (non-hydrogen) atoms. The van der Waals surface area contributed by atoms with Crippen molar-refractivity contribution in [2.75, 3.05) is 10.2 Å². The average molecular weight is 336 g/mol. The number of aryl methyl sites for hydroxylation is 2. The molecule has 0 fully saturated rings. The van der Waals surface area contributed by atoms with Gasteiger partial charge in [-0.15, -0.1) is 0 Å². The first-order valence-electron chi connectivity index (χ1n) is 9.13. The van der Waals surface area contributed by atoms with E-state index in [1.54, 1.807) is 0 Å². The Morgan fingerprint density at radius 3 is 2.36 bits per heavy atom. The van der Waals surface area contributed by atoms with Crippen LogP contribution in [0.15, 0.2) is 42.5 Å². The molecule has 0 unspecified atom stereocenters.